The summed E-state index contributed by atoms with van der Waals surface area (Å²) in [6.45, 7) is 7.08. The van der Waals surface area contributed by atoms with Crippen molar-refractivity contribution in [3.8, 4) is 0 Å². The van der Waals surface area contributed by atoms with E-state index in [2.05, 4.69) is 42.8 Å². The van der Waals surface area contributed by atoms with E-state index in [0.29, 0.717) is 0 Å². The Morgan fingerprint density at radius 3 is 2.65 bits per heavy atom. The van der Waals surface area contributed by atoms with Crippen LogP contribution < -0.4 is 0 Å². The van der Waals surface area contributed by atoms with E-state index in [1.165, 1.54) is 4.88 Å². The van der Waals surface area contributed by atoms with Crippen LogP contribution in [-0.4, -0.2) is 28.7 Å². The van der Waals surface area contributed by atoms with Gasteiger partial charge in [0.05, 0.1) is 4.88 Å². The Balaban J connectivity index is 2.76. The maximum absolute atomic E-state index is 12.3. The van der Waals surface area contributed by atoms with Crippen molar-refractivity contribution in [2.24, 2.45) is 0 Å². The van der Waals surface area contributed by atoms with Crippen LogP contribution in [0.15, 0.2) is 12.1 Å². The zero-order chi connectivity index (χ0) is 12.8. The standard InChI is InChI=1S/C13H20BrNOS/c1-4-11-6-7-12(17-11)13(16)15(10(2)3)9-5-8-14/h6-7,10H,4-5,8-9H2,1-3H3. The van der Waals surface area contributed by atoms with Crippen LogP contribution >= 0.6 is 27.3 Å². The molecule has 0 aliphatic carbocycles. The number of carbonyl (C=O) groups is 1. The van der Waals surface area contributed by atoms with Gasteiger partial charge in [0.1, 0.15) is 0 Å². The second-order valence-corrected chi connectivity index (χ2v) is 6.22. The van der Waals surface area contributed by atoms with Gasteiger partial charge < -0.3 is 4.90 Å². The van der Waals surface area contributed by atoms with Crippen LogP contribution in [0.3, 0.4) is 0 Å². The highest BCUT2D eigenvalue weighted by atomic mass is 79.9. The van der Waals surface area contributed by atoms with E-state index in [1.807, 2.05) is 11.0 Å². The number of rotatable bonds is 6. The van der Waals surface area contributed by atoms with Gasteiger partial charge in [0.15, 0.2) is 0 Å². The van der Waals surface area contributed by atoms with E-state index < -0.39 is 0 Å². The summed E-state index contributed by atoms with van der Waals surface area (Å²) in [5, 5.41) is 0.939. The molecule has 1 rings (SSSR count). The molecule has 0 aliphatic heterocycles. The SMILES string of the molecule is CCc1ccc(C(=O)N(CCCBr)C(C)C)s1. The summed E-state index contributed by atoms with van der Waals surface area (Å²) in [6, 6.07) is 4.27. The van der Waals surface area contributed by atoms with Crippen LogP contribution in [0.1, 0.15) is 41.7 Å². The topological polar surface area (TPSA) is 20.3 Å². The number of hydrogen-bond donors (Lipinski definition) is 0. The number of amides is 1. The Morgan fingerprint density at radius 1 is 1.47 bits per heavy atom. The minimum Gasteiger partial charge on any atom is -0.335 e. The molecule has 0 bridgehead atoms. The largest absolute Gasteiger partial charge is 0.335 e. The summed E-state index contributed by atoms with van der Waals surface area (Å²) in [5.41, 5.74) is 0. The first kappa shape index (κ1) is 14.7. The van der Waals surface area contributed by atoms with Crippen molar-refractivity contribution in [2.75, 3.05) is 11.9 Å². The maximum atomic E-state index is 12.3. The molecule has 1 amide bonds. The lowest BCUT2D eigenvalue weighted by atomic mass is 10.2. The second kappa shape index (κ2) is 7.17. The van der Waals surface area contributed by atoms with E-state index in [4.69, 9.17) is 0 Å². The molecule has 2 nitrogen and oxygen atoms in total. The molecule has 0 N–H and O–H groups in total. The number of halogens is 1. The molecule has 96 valence electrons. The molecular formula is C13H20BrNOS. The lowest BCUT2D eigenvalue weighted by molar-refractivity contribution is 0.0711. The second-order valence-electron chi connectivity index (χ2n) is 4.25. The molecule has 1 heterocycles. The molecule has 4 heteroatoms. The van der Waals surface area contributed by atoms with Crippen LogP contribution in [0, 0.1) is 0 Å². The molecule has 0 atom stereocenters. The van der Waals surface area contributed by atoms with E-state index in [0.717, 1.165) is 29.6 Å². The minimum absolute atomic E-state index is 0.172. The van der Waals surface area contributed by atoms with Gasteiger partial charge in [-0.05, 0) is 38.8 Å². The average molecular weight is 318 g/mol. The third-order valence-corrected chi connectivity index (χ3v) is 4.42. The van der Waals surface area contributed by atoms with E-state index >= 15 is 0 Å². The fraction of sp³-hybridized carbons (Fsp3) is 0.615. The van der Waals surface area contributed by atoms with Crippen molar-refractivity contribution in [1.82, 2.24) is 4.90 Å². The average Bonchev–Trinajstić information content (AvgIpc) is 2.77. The molecule has 0 unspecified atom stereocenters. The highest BCUT2D eigenvalue weighted by Gasteiger charge is 2.19. The zero-order valence-electron chi connectivity index (χ0n) is 10.7. The molecule has 0 aromatic carbocycles. The molecular weight excluding hydrogens is 298 g/mol. The third-order valence-electron chi connectivity index (χ3n) is 2.64. The number of thiophene rings is 1. The van der Waals surface area contributed by atoms with Crippen LogP contribution in [0.4, 0.5) is 0 Å². The van der Waals surface area contributed by atoms with Crippen LogP contribution in [-0.2, 0) is 6.42 Å². The van der Waals surface area contributed by atoms with Crippen molar-refractivity contribution in [3.05, 3.63) is 21.9 Å². The molecule has 1 aromatic rings. The van der Waals surface area contributed by atoms with Crippen molar-refractivity contribution < 1.29 is 4.79 Å². The highest BCUT2D eigenvalue weighted by Crippen LogP contribution is 2.20. The Labute approximate surface area is 116 Å². The van der Waals surface area contributed by atoms with Gasteiger partial charge in [-0.2, -0.15) is 0 Å². The number of carbonyl (C=O) groups excluding carboxylic acids is 1. The Hall–Kier alpha value is -0.350. The van der Waals surface area contributed by atoms with Crippen molar-refractivity contribution in [1.29, 1.82) is 0 Å². The zero-order valence-corrected chi connectivity index (χ0v) is 13.1. The normalized spacial score (nSPS) is 10.9. The third kappa shape index (κ3) is 4.11. The van der Waals surface area contributed by atoms with Crippen molar-refractivity contribution in [3.63, 3.8) is 0 Å². The highest BCUT2D eigenvalue weighted by molar-refractivity contribution is 9.09. The smallest absolute Gasteiger partial charge is 0.264 e. The van der Waals surface area contributed by atoms with E-state index in [9.17, 15) is 4.79 Å². The first-order valence-electron chi connectivity index (χ1n) is 6.05. The monoisotopic (exact) mass is 317 g/mol. The van der Waals surface area contributed by atoms with Crippen LogP contribution in [0.2, 0.25) is 0 Å². The molecule has 0 saturated carbocycles. The fourth-order valence-corrected chi connectivity index (χ4v) is 2.80. The first-order valence-corrected chi connectivity index (χ1v) is 7.99. The quantitative estimate of drug-likeness (QED) is 0.727. The van der Waals surface area contributed by atoms with Gasteiger partial charge in [0.25, 0.3) is 5.91 Å². The Kier molecular flexibility index (Phi) is 6.20. The van der Waals surface area contributed by atoms with Crippen molar-refractivity contribution >= 4 is 33.2 Å². The maximum Gasteiger partial charge on any atom is 0.264 e. The predicted molar refractivity (Wildman–Crippen MR) is 78.3 cm³/mol. The molecule has 0 aliphatic rings. The van der Waals surface area contributed by atoms with Gasteiger partial charge >= 0.3 is 0 Å². The summed E-state index contributed by atoms with van der Waals surface area (Å²) in [7, 11) is 0. The molecule has 0 saturated heterocycles. The minimum atomic E-state index is 0.172. The number of aryl methyl sites for hydroxylation is 1. The van der Waals surface area contributed by atoms with Crippen LogP contribution in [0.5, 0.6) is 0 Å². The molecule has 17 heavy (non-hydrogen) atoms. The molecule has 1 aromatic heterocycles. The summed E-state index contributed by atoms with van der Waals surface area (Å²) in [4.78, 5) is 16.4. The first-order chi connectivity index (χ1) is 8.10. The lowest BCUT2D eigenvalue weighted by Gasteiger charge is -2.26. The number of alkyl halides is 1. The van der Waals surface area contributed by atoms with Crippen LogP contribution in [0.25, 0.3) is 0 Å². The predicted octanol–water partition coefficient (Wildman–Crippen LogP) is 3.95. The van der Waals surface area contributed by atoms with Gasteiger partial charge in [-0.3, -0.25) is 4.79 Å². The fourth-order valence-electron chi connectivity index (χ4n) is 1.65. The molecule has 0 radical (unpaired) electrons. The number of hydrogen-bond acceptors (Lipinski definition) is 2. The van der Waals surface area contributed by atoms with Gasteiger partial charge in [-0.1, -0.05) is 22.9 Å². The summed E-state index contributed by atoms with van der Waals surface area (Å²) < 4.78 is 0. The number of nitrogens with zero attached hydrogens (tertiary/aromatic N) is 1. The molecule has 0 fully saturated rings. The van der Waals surface area contributed by atoms with Gasteiger partial charge in [-0.25, -0.2) is 0 Å². The van der Waals surface area contributed by atoms with Crippen molar-refractivity contribution in [2.45, 2.75) is 39.7 Å². The summed E-state index contributed by atoms with van der Waals surface area (Å²) >= 11 is 5.03. The van der Waals surface area contributed by atoms with Gasteiger partial charge in [-0.15, -0.1) is 11.3 Å². The van der Waals surface area contributed by atoms with E-state index in [-0.39, 0.29) is 11.9 Å². The summed E-state index contributed by atoms with van der Waals surface area (Å²) in [6.07, 6.45) is 2.00. The molecule has 0 spiro atoms. The summed E-state index contributed by atoms with van der Waals surface area (Å²) in [5.74, 6) is 0.172. The van der Waals surface area contributed by atoms with Gasteiger partial charge in [0.2, 0.25) is 0 Å². The Morgan fingerprint density at radius 2 is 2.18 bits per heavy atom. The van der Waals surface area contributed by atoms with E-state index in [1.54, 1.807) is 11.3 Å². The Bertz CT molecular complexity index is 362. The lowest BCUT2D eigenvalue weighted by Crippen LogP contribution is -2.37. The van der Waals surface area contributed by atoms with Gasteiger partial charge in [0, 0.05) is 22.8 Å².